The van der Waals surface area contributed by atoms with Crippen LogP contribution in [0.15, 0.2) is 30.3 Å². The van der Waals surface area contributed by atoms with Crippen molar-refractivity contribution >= 4 is 10.8 Å². The fourth-order valence-electron chi connectivity index (χ4n) is 4.20. The van der Waals surface area contributed by atoms with Gasteiger partial charge >= 0.3 is 0 Å². The van der Waals surface area contributed by atoms with Crippen molar-refractivity contribution in [1.29, 1.82) is 0 Å². The number of rotatable bonds is 2. The summed E-state index contributed by atoms with van der Waals surface area (Å²) in [5.41, 5.74) is -0.410. The van der Waals surface area contributed by atoms with Gasteiger partial charge in [0.25, 0.3) is 0 Å². The third-order valence-electron chi connectivity index (χ3n) is 5.90. The van der Waals surface area contributed by atoms with Gasteiger partial charge < -0.3 is 0 Å². The van der Waals surface area contributed by atoms with Crippen LogP contribution in [0.4, 0.5) is 26.3 Å². The van der Waals surface area contributed by atoms with E-state index >= 15 is 4.39 Å². The largest absolute Gasteiger partial charge is 0.206 e. The predicted octanol–water partition coefficient (Wildman–Crippen LogP) is 7.64. The van der Waals surface area contributed by atoms with E-state index in [2.05, 4.69) is 6.92 Å². The third-order valence-corrected chi connectivity index (χ3v) is 5.90. The maximum Gasteiger partial charge on any atom is 0.194 e. The van der Waals surface area contributed by atoms with Crippen LogP contribution in [0.3, 0.4) is 0 Å². The highest BCUT2D eigenvalue weighted by Gasteiger charge is 2.27. The van der Waals surface area contributed by atoms with Gasteiger partial charge in [0, 0.05) is 5.56 Å². The second kappa shape index (κ2) is 7.39. The molecular formula is C23H18F6. The number of hydrogen-bond acceptors (Lipinski definition) is 0. The Bertz CT molecular complexity index is 1070. The van der Waals surface area contributed by atoms with Gasteiger partial charge in [-0.05, 0) is 59.4 Å². The molecule has 152 valence electrons. The summed E-state index contributed by atoms with van der Waals surface area (Å²) in [6.07, 6.45) is 3.30. The molecule has 3 aromatic carbocycles. The topological polar surface area (TPSA) is 0 Å². The third kappa shape index (κ3) is 3.38. The van der Waals surface area contributed by atoms with Gasteiger partial charge in [0.15, 0.2) is 29.1 Å². The molecule has 0 N–H and O–H groups in total. The van der Waals surface area contributed by atoms with Crippen molar-refractivity contribution in [2.45, 2.75) is 38.5 Å². The molecule has 0 heterocycles. The van der Waals surface area contributed by atoms with Gasteiger partial charge in [0.2, 0.25) is 0 Å². The lowest BCUT2D eigenvalue weighted by molar-refractivity contribution is 0.339. The van der Waals surface area contributed by atoms with Crippen LogP contribution in [0.1, 0.15) is 44.1 Å². The molecular weight excluding hydrogens is 390 g/mol. The quantitative estimate of drug-likeness (QED) is 0.302. The molecule has 0 nitrogen and oxygen atoms in total. The summed E-state index contributed by atoms with van der Waals surface area (Å²) in [6.45, 7) is 2.12. The summed E-state index contributed by atoms with van der Waals surface area (Å²) in [5, 5.41) is -0.417. The minimum absolute atomic E-state index is 0.131. The van der Waals surface area contributed by atoms with Crippen LogP contribution in [0, 0.1) is 40.8 Å². The summed E-state index contributed by atoms with van der Waals surface area (Å²) in [6, 6.07) is 5.30. The van der Waals surface area contributed by atoms with Crippen LogP contribution in [-0.2, 0) is 0 Å². The Kier molecular flexibility index (Phi) is 5.05. The zero-order valence-electron chi connectivity index (χ0n) is 15.6. The van der Waals surface area contributed by atoms with Crippen molar-refractivity contribution in [1.82, 2.24) is 0 Å². The van der Waals surface area contributed by atoms with Gasteiger partial charge in [-0.2, -0.15) is 0 Å². The molecule has 1 fully saturated rings. The van der Waals surface area contributed by atoms with Crippen molar-refractivity contribution in [2.75, 3.05) is 0 Å². The highest BCUT2D eigenvalue weighted by Crippen LogP contribution is 2.40. The molecule has 1 aliphatic rings. The molecule has 0 unspecified atom stereocenters. The Labute approximate surface area is 164 Å². The molecule has 0 bridgehead atoms. The summed E-state index contributed by atoms with van der Waals surface area (Å²) in [5.74, 6) is -7.82. The maximum absolute atomic E-state index is 15.0. The first-order valence-electron chi connectivity index (χ1n) is 9.53. The second-order valence-corrected chi connectivity index (χ2v) is 7.83. The lowest BCUT2D eigenvalue weighted by Gasteiger charge is -2.27. The highest BCUT2D eigenvalue weighted by molar-refractivity contribution is 5.89. The smallest absolute Gasteiger partial charge is 0.194 e. The molecule has 6 heteroatoms. The lowest BCUT2D eigenvalue weighted by atomic mass is 9.78. The molecule has 0 aromatic heterocycles. The van der Waals surface area contributed by atoms with E-state index in [1.807, 2.05) is 0 Å². The van der Waals surface area contributed by atoms with Crippen LogP contribution in [-0.4, -0.2) is 0 Å². The van der Waals surface area contributed by atoms with Crippen molar-refractivity contribution in [3.05, 3.63) is 70.8 Å². The van der Waals surface area contributed by atoms with Gasteiger partial charge in [-0.25, -0.2) is 26.3 Å². The number of halogens is 6. The Hall–Kier alpha value is -2.50. The molecule has 0 radical (unpaired) electrons. The van der Waals surface area contributed by atoms with Crippen molar-refractivity contribution in [3.63, 3.8) is 0 Å². The van der Waals surface area contributed by atoms with E-state index in [0.717, 1.165) is 25.7 Å². The van der Waals surface area contributed by atoms with E-state index in [-0.39, 0.29) is 28.0 Å². The fourth-order valence-corrected chi connectivity index (χ4v) is 4.20. The molecule has 3 aromatic rings. The average molecular weight is 408 g/mol. The molecule has 1 saturated carbocycles. The summed E-state index contributed by atoms with van der Waals surface area (Å²) < 4.78 is 84.9. The molecule has 0 aliphatic heterocycles. The van der Waals surface area contributed by atoms with Gasteiger partial charge in [0.1, 0.15) is 5.82 Å². The van der Waals surface area contributed by atoms with Crippen molar-refractivity contribution in [2.24, 2.45) is 5.92 Å². The average Bonchev–Trinajstić information content (AvgIpc) is 2.69. The predicted molar refractivity (Wildman–Crippen MR) is 99.5 cm³/mol. The minimum atomic E-state index is -1.68. The van der Waals surface area contributed by atoms with Crippen LogP contribution in [0.2, 0.25) is 0 Å². The summed E-state index contributed by atoms with van der Waals surface area (Å²) in [7, 11) is 0. The van der Waals surface area contributed by atoms with Gasteiger partial charge in [-0.15, -0.1) is 0 Å². The second-order valence-electron chi connectivity index (χ2n) is 7.83. The molecule has 0 amide bonds. The normalized spacial score (nSPS) is 19.7. The fraction of sp³-hybridized carbons (Fsp3) is 0.304. The van der Waals surface area contributed by atoms with Crippen LogP contribution < -0.4 is 0 Å². The summed E-state index contributed by atoms with van der Waals surface area (Å²) >= 11 is 0. The van der Waals surface area contributed by atoms with Gasteiger partial charge in [0.05, 0.1) is 5.39 Å². The SMILES string of the molecule is CC1CCC(c2cc3ccc(-c4cc(F)c(F)c(F)c4)c(F)c3c(F)c2F)CC1. The molecule has 4 rings (SSSR count). The summed E-state index contributed by atoms with van der Waals surface area (Å²) in [4.78, 5) is 0. The van der Waals surface area contributed by atoms with E-state index in [0.29, 0.717) is 18.1 Å². The molecule has 0 atom stereocenters. The zero-order valence-corrected chi connectivity index (χ0v) is 15.6. The van der Waals surface area contributed by atoms with Crippen LogP contribution >= 0.6 is 0 Å². The molecule has 29 heavy (non-hydrogen) atoms. The van der Waals surface area contributed by atoms with E-state index in [1.54, 1.807) is 0 Å². The van der Waals surface area contributed by atoms with Crippen LogP contribution in [0.5, 0.6) is 0 Å². The molecule has 1 aliphatic carbocycles. The van der Waals surface area contributed by atoms with Crippen molar-refractivity contribution in [3.8, 4) is 11.1 Å². The Morgan fingerprint density at radius 3 is 1.93 bits per heavy atom. The minimum Gasteiger partial charge on any atom is -0.206 e. The number of fused-ring (bicyclic) bond motifs is 1. The standard InChI is InChI=1S/C23H18F6/c1-11-2-4-12(5-3-11)16-8-13-6-7-15(20(26)19(13)23(29)21(16)27)14-9-17(24)22(28)18(25)10-14/h6-12H,2-5H2,1H3. The highest BCUT2D eigenvalue weighted by atomic mass is 19.2. The van der Waals surface area contributed by atoms with Crippen LogP contribution in [0.25, 0.3) is 21.9 Å². The van der Waals surface area contributed by atoms with Crippen molar-refractivity contribution < 1.29 is 26.3 Å². The molecule has 0 saturated heterocycles. The van der Waals surface area contributed by atoms with Gasteiger partial charge in [-0.3, -0.25) is 0 Å². The first-order valence-corrected chi connectivity index (χ1v) is 9.53. The Morgan fingerprint density at radius 1 is 0.690 bits per heavy atom. The Morgan fingerprint density at radius 2 is 1.31 bits per heavy atom. The maximum atomic E-state index is 15.0. The molecule has 0 spiro atoms. The number of benzene rings is 3. The first kappa shape index (κ1) is 19.8. The van der Waals surface area contributed by atoms with E-state index in [9.17, 15) is 22.0 Å². The van der Waals surface area contributed by atoms with E-state index < -0.39 is 40.3 Å². The zero-order chi connectivity index (χ0) is 20.9. The lowest BCUT2D eigenvalue weighted by Crippen LogP contribution is -2.13. The monoisotopic (exact) mass is 408 g/mol. The first-order chi connectivity index (χ1) is 13.8. The number of hydrogen-bond donors (Lipinski definition) is 0. The van der Waals surface area contributed by atoms with Gasteiger partial charge in [-0.1, -0.05) is 31.9 Å². The van der Waals surface area contributed by atoms with E-state index in [4.69, 9.17) is 0 Å². The Balaban J connectivity index is 1.85. The van der Waals surface area contributed by atoms with E-state index in [1.165, 1.54) is 18.2 Å².